The molecule has 1 aliphatic heterocycles. The topological polar surface area (TPSA) is 75.8 Å². The number of carbonyl (C=O) groups is 2. The predicted octanol–water partition coefficient (Wildman–Crippen LogP) is 2.24. The molecule has 1 fully saturated rings. The van der Waals surface area contributed by atoms with Crippen LogP contribution in [0.5, 0.6) is 0 Å². The summed E-state index contributed by atoms with van der Waals surface area (Å²) in [6.07, 6.45) is 2.46. The zero-order valence-corrected chi connectivity index (χ0v) is 16.2. The van der Waals surface area contributed by atoms with E-state index in [2.05, 4.69) is 0 Å². The molecule has 7 heteroatoms. The Bertz CT molecular complexity index is 894. The van der Waals surface area contributed by atoms with Gasteiger partial charge in [0.2, 0.25) is 5.91 Å². The first-order chi connectivity index (χ1) is 13.0. The van der Waals surface area contributed by atoms with Gasteiger partial charge >= 0.3 is 5.76 Å². The third-order valence-corrected chi connectivity index (χ3v) is 5.47. The van der Waals surface area contributed by atoms with Gasteiger partial charge in [-0.2, -0.15) is 0 Å². The summed E-state index contributed by atoms with van der Waals surface area (Å²) in [7, 11) is 1.62. The number of aryl methyl sites for hydroxylation is 1. The Kier molecular flexibility index (Phi) is 5.68. The highest BCUT2D eigenvalue weighted by Gasteiger charge is 2.26. The highest BCUT2D eigenvalue weighted by atomic mass is 16.4. The normalized spacial score (nSPS) is 15.4. The molecule has 2 heterocycles. The second kappa shape index (κ2) is 7.98. The van der Waals surface area contributed by atoms with E-state index in [4.69, 9.17) is 4.42 Å². The molecule has 0 atom stereocenters. The minimum atomic E-state index is -0.445. The number of benzene rings is 1. The van der Waals surface area contributed by atoms with Crippen molar-refractivity contribution in [2.45, 2.75) is 33.1 Å². The zero-order valence-electron chi connectivity index (χ0n) is 16.2. The average Bonchev–Trinajstić information content (AvgIpc) is 2.85. The standard InChI is InChI=1S/C20H27N3O4/c1-4-14(5-2)18(24)22-9-6-10-23(12-11-22)19(25)15-7-8-17-16(13-15)21(3)20(26)27-17/h7-8,13-14H,4-6,9-12H2,1-3H3. The van der Waals surface area contributed by atoms with Crippen molar-refractivity contribution in [3.63, 3.8) is 0 Å². The van der Waals surface area contributed by atoms with E-state index < -0.39 is 5.76 Å². The number of fused-ring (bicyclic) bond motifs is 1. The number of hydrogen-bond acceptors (Lipinski definition) is 4. The summed E-state index contributed by atoms with van der Waals surface area (Å²) in [5.41, 5.74) is 1.60. The fourth-order valence-corrected chi connectivity index (χ4v) is 3.68. The van der Waals surface area contributed by atoms with Crippen LogP contribution in [0.4, 0.5) is 0 Å². The number of hydrogen-bond donors (Lipinski definition) is 0. The zero-order chi connectivity index (χ0) is 19.6. The summed E-state index contributed by atoms with van der Waals surface area (Å²) in [6, 6.07) is 5.04. The van der Waals surface area contributed by atoms with Crippen molar-refractivity contribution >= 4 is 22.9 Å². The Morgan fingerprint density at radius 1 is 1.07 bits per heavy atom. The van der Waals surface area contributed by atoms with Crippen LogP contribution in [-0.4, -0.2) is 52.4 Å². The van der Waals surface area contributed by atoms with Crippen molar-refractivity contribution in [3.05, 3.63) is 34.3 Å². The first kappa shape index (κ1) is 19.2. The number of aromatic nitrogens is 1. The highest BCUT2D eigenvalue weighted by Crippen LogP contribution is 2.18. The molecule has 7 nitrogen and oxygen atoms in total. The van der Waals surface area contributed by atoms with Crippen LogP contribution in [0.25, 0.3) is 11.1 Å². The van der Waals surface area contributed by atoms with Crippen molar-refractivity contribution in [1.29, 1.82) is 0 Å². The van der Waals surface area contributed by atoms with Crippen molar-refractivity contribution in [2.75, 3.05) is 26.2 Å². The largest absolute Gasteiger partial charge is 0.419 e. The number of amides is 2. The SMILES string of the molecule is CCC(CC)C(=O)N1CCCN(C(=O)c2ccc3oc(=O)n(C)c3c2)CC1. The van der Waals surface area contributed by atoms with E-state index in [-0.39, 0.29) is 17.7 Å². The Hall–Kier alpha value is -2.57. The van der Waals surface area contributed by atoms with Crippen molar-refractivity contribution in [2.24, 2.45) is 13.0 Å². The molecule has 1 saturated heterocycles. The molecular formula is C20H27N3O4. The van der Waals surface area contributed by atoms with Gasteiger partial charge in [0.25, 0.3) is 5.91 Å². The second-order valence-corrected chi connectivity index (χ2v) is 7.09. The van der Waals surface area contributed by atoms with E-state index in [9.17, 15) is 14.4 Å². The van der Waals surface area contributed by atoms with Gasteiger partial charge in [0.05, 0.1) is 5.52 Å². The molecule has 1 aliphatic rings. The average molecular weight is 373 g/mol. The molecule has 0 spiro atoms. The van der Waals surface area contributed by atoms with Gasteiger partial charge in [-0.05, 0) is 37.5 Å². The van der Waals surface area contributed by atoms with E-state index >= 15 is 0 Å². The van der Waals surface area contributed by atoms with Crippen molar-refractivity contribution in [1.82, 2.24) is 14.4 Å². The highest BCUT2D eigenvalue weighted by molar-refractivity contribution is 5.97. The van der Waals surface area contributed by atoms with Crippen molar-refractivity contribution < 1.29 is 14.0 Å². The van der Waals surface area contributed by atoms with Crippen LogP contribution in [0.15, 0.2) is 27.4 Å². The molecular weight excluding hydrogens is 346 g/mol. The van der Waals surface area contributed by atoms with E-state index in [1.807, 2.05) is 18.7 Å². The van der Waals surface area contributed by atoms with Crippen LogP contribution < -0.4 is 5.76 Å². The van der Waals surface area contributed by atoms with Gasteiger partial charge < -0.3 is 14.2 Å². The van der Waals surface area contributed by atoms with Gasteiger partial charge in [-0.3, -0.25) is 14.2 Å². The van der Waals surface area contributed by atoms with Crippen LogP contribution >= 0.6 is 0 Å². The van der Waals surface area contributed by atoms with Crippen LogP contribution in [0.2, 0.25) is 0 Å². The Balaban J connectivity index is 1.73. The van der Waals surface area contributed by atoms with Crippen LogP contribution in [0, 0.1) is 5.92 Å². The lowest BCUT2D eigenvalue weighted by Crippen LogP contribution is -2.39. The summed E-state index contributed by atoms with van der Waals surface area (Å²) in [4.78, 5) is 40.9. The van der Waals surface area contributed by atoms with E-state index in [1.165, 1.54) is 4.57 Å². The first-order valence-electron chi connectivity index (χ1n) is 9.63. The number of nitrogens with zero attached hydrogens (tertiary/aromatic N) is 3. The lowest BCUT2D eigenvalue weighted by Gasteiger charge is -2.25. The Labute approximate surface area is 158 Å². The van der Waals surface area contributed by atoms with Gasteiger partial charge in [-0.25, -0.2) is 4.79 Å². The summed E-state index contributed by atoms with van der Waals surface area (Å²) in [5, 5.41) is 0. The summed E-state index contributed by atoms with van der Waals surface area (Å²) < 4.78 is 6.51. The monoisotopic (exact) mass is 373 g/mol. The molecule has 1 aromatic carbocycles. The number of oxazole rings is 1. The Morgan fingerprint density at radius 3 is 2.44 bits per heavy atom. The quantitative estimate of drug-likeness (QED) is 0.824. The lowest BCUT2D eigenvalue weighted by atomic mass is 10.0. The molecule has 0 unspecified atom stereocenters. The van der Waals surface area contributed by atoms with Crippen LogP contribution in [-0.2, 0) is 11.8 Å². The second-order valence-electron chi connectivity index (χ2n) is 7.09. The molecule has 3 rings (SSSR count). The van der Waals surface area contributed by atoms with Crippen LogP contribution in [0.3, 0.4) is 0 Å². The van der Waals surface area contributed by atoms with Gasteiger partial charge in [0.15, 0.2) is 5.58 Å². The van der Waals surface area contributed by atoms with Crippen LogP contribution in [0.1, 0.15) is 43.5 Å². The molecule has 0 saturated carbocycles. The maximum atomic E-state index is 12.9. The summed E-state index contributed by atoms with van der Waals surface area (Å²) in [6.45, 7) is 6.47. The molecule has 0 bridgehead atoms. The fourth-order valence-electron chi connectivity index (χ4n) is 3.68. The maximum Gasteiger partial charge on any atom is 0.419 e. The van der Waals surface area contributed by atoms with E-state index in [1.54, 1.807) is 30.1 Å². The Morgan fingerprint density at radius 2 is 1.74 bits per heavy atom. The van der Waals surface area contributed by atoms with Gasteiger partial charge in [0, 0.05) is 44.7 Å². The summed E-state index contributed by atoms with van der Waals surface area (Å²) >= 11 is 0. The summed E-state index contributed by atoms with van der Waals surface area (Å²) in [5.74, 6) is -0.261. The third kappa shape index (κ3) is 3.77. The van der Waals surface area contributed by atoms with Gasteiger partial charge in [-0.1, -0.05) is 13.8 Å². The van der Waals surface area contributed by atoms with Gasteiger partial charge in [-0.15, -0.1) is 0 Å². The van der Waals surface area contributed by atoms with Crippen molar-refractivity contribution in [3.8, 4) is 0 Å². The van der Waals surface area contributed by atoms with E-state index in [0.29, 0.717) is 42.8 Å². The van der Waals surface area contributed by atoms with Gasteiger partial charge in [0.1, 0.15) is 0 Å². The predicted molar refractivity (Wildman–Crippen MR) is 103 cm³/mol. The number of carbonyl (C=O) groups excluding carboxylic acids is 2. The minimum Gasteiger partial charge on any atom is -0.408 e. The fraction of sp³-hybridized carbons (Fsp3) is 0.550. The molecule has 1 aromatic heterocycles. The lowest BCUT2D eigenvalue weighted by molar-refractivity contribution is -0.135. The van der Waals surface area contributed by atoms with E-state index in [0.717, 1.165) is 19.3 Å². The maximum absolute atomic E-state index is 12.9. The molecule has 2 amide bonds. The smallest absolute Gasteiger partial charge is 0.408 e. The molecule has 2 aromatic rings. The molecule has 27 heavy (non-hydrogen) atoms. The molecule has 0 aliphatic carbocycles. The minimum absolute atomic E-state index is 0.0667. The third-order valence-electron chi connectivity index (χ3n) is 5.47. The molecule has 0 N–H and O–H groups in total. The molecule has 146 valence electrons. The molecule has 0 radical (unpaired) electrons. The number of rotatable bonds is 4. The first-order valence-corrected chi connectivity index (χ1v) is 9.63.